The molecule has 4 rings (SSSR count). The van der Waals surface area contributed by atoms with Gasteiger partial charge in [-0.15, -0.1) is 0 Å². The van der Waals surface area contributed by atoms with Crippen LogP contribution in [-0.4, -0.2) is 91.0 Å². The van der Waals surface area contributed by atoms with E-state index >= 15 is 0 Å². The maximum absolute atomic E-state index is 13.5. The van der Waals surface area contributed by atoms with Crippen LogP contribution in [0.4, 0.5) is 43.5 Å². The zero-order valence-corrected chi connectivity index (χ0v) is 22.6. The van der Waals surface area contributed by atoms with Crippen molar-refractivity contribution in [1.29, 1.82) is 0 Å². The number of nitrogens with one attached hydrogen (secondary N) is 2. The van der Waals surface area contributed by atoms with Gasteiger partial charge in [-0.1, -0.05) is 0 Å². The van der Waals surface area contributed by atoms with E-state index in [1.54, 1.807) is 10.00 Å². The van der Waals surface area contributed by atoms with Crippen LogP contribution in [0.5, 0.6) is 5.88 Å². The number of ether oxygens (including phenoxy) is 2. The molecule has 230 valence electrons. The summed E-state index contributed by atoms with van der Waals surface area (Å²) in [6.07, 6.45) is -8.91. The maximum Gasteiger partial charge on any atom is 0.423 e. The topological polar surface area (TPSA) is 133 Å². The highest BCUT2D eigenvalue weighted by molar-refractivity contribution is 6.05. The van der Waals surface area contributed by atoms with Crippen LogP contribution in [0.25, 0.3) is 0 Å². The van der Waals surface area contributed by atoms with Crippen molar-refractivity contribution in [3.8, 4) is 5.88 Å². The molecule has 1 fully saturated rings. The number of aromatic nitrogens is 3. The first-order chi connectivity index (χ1) is 19.6. The first-order valence-corrected chi connectivity index (χ1v) is 12.6. The highest BCUT2D eigenvalue weighted by Crippen LogP contribution is 2.43. The summed E-state index contributed by atoms with van der Waals surface area (Å²) >= 11 is 0. The van der Waals surface area contributed by atoms with Crippen molar-refractivity contribution in [2.75, 3.05) is 62.1 Å². The number of carbonyl (C=O) groups excluding carboxylic acids is 2. The molecule has 0 radical (unpaired) electrons. The average molecular weight is 608 g/mol. The van der Waals surface area contributed by atoms with Gasteiger partial charge in [0, 0.05) is 26.2 Å². The fourth-order valence-corrected chi connectivity index (χ4v) is 4.78. The van der Waals surface area contributed by atoms with Crippen molar-refractivity contribution in [3.05, 3.63) is 33.7 Å². The first kappa shape index (κ1) is 30.9. The van der Waals surface area contributed by atoms with Gasteiger partial charge in [0.05, 0.1) is 50.9 Å². The lowest BCUT2D eigenvalue weighted by molar-refractivity contribution is -0.139. The number of fused-ring (bicyclic) bond motifs is 3. The largest absolute Gasteiger partial charge is 0.481 e. The molecule has 12 nitrogen and oxygen atoms in total. The number of carbonyl (C=O) groups is 2. The van der Waals surface area contributed by atoms with E-state index in [4.69, 9.17) is 9.47 Å². The lowest BCUT2D eigenvalue weighted by atomic mass is 10.0. The standard InChI is InChI=1S/C24H27F6N7O5/c1-12(32-14-9-31-34-20(39)18(14)24(28,29)30)11-42-7-4-17(38)36-5-6-37-16(10-36)22(40)35(2)15-8-13(23(25,26)27)21(41-3)33-19(15)37/h8-9,12,16H,4-7,10-11H2,1-3H3,(H2,32,34,39)/t12?,16-/m0/s1. The van der Waals surface area contributed by atoms with Gasteiger partial charge in [0.1, 0.15) is 17.2 Å². The number of pyridine rings is 1. The van der Waals surface area contributed by atoms with E-state index in [1.807, 2.05) is 0 Å². The number of piperazine rings is 1. The lowest BCUT2D eigenvalue weighted by Crippen LogP contribution is -2.63. The second-order valence-corrected chi connectivity index (χ2v) is 9.69. The molecule has 2 aromatic rings. The Balaban J connectivity index is 1.34. The summed E-state index contributed by atoms with van der Waals surface area (Å²) in [4.78, 5) is 45.6. The Morgan fingerprint density at radius 3 is 2.55 bits per heavy atom. The predicted octanol–water partition coefficient (Wildman–Crippen LogP) is 2.11. The molecule has 2 amide bonds. The normalized spacial score (nSPS) is 18.0. The summed E-state index contributed by atoms with van der Waals surface area (Å²) in [5.74, 6) is -1.36. The smallest absolute Gasteiger partial charge is 0.423 e. The van der Waals surface area contributed by atoms with E-state index in [0.717, 1.165) is 24.3 Å². The van der Waals surface area contributed by atoms with Gasteiger partial charge in [0.15, 0.2) is 5.82 Å². The molecule has 4 heterocycles. The zero-order chi connectivity index (χ0) is 31.0. The van der Waals surface area contributed by atoms with E-state index in [1.165, 1.54) is 18.9 Å². The molecule has 2 atom stereocenters. The molecular weight excluding hydrogens is 580 g/mol. The molecule has 2 aromatic heterocycles. The minimum atomic E-state index is -4.90. The Kier molecular flexibility index (Phi) is 8.56. The van der Waals surface area contributed by atoms with Gasteiger partial charge in [0.2, 0.25) is 11.8 Å². The number of amides is 2. The molecule has 42 heavy (non-hydrogen) atoms. The molecule has 0 spiro atoms. The van der Waals surface area contributed by atoms with Gasteiger partial charge in [-0.3, -0.25) is 14.4 Å². The van der Waals surface area contributed by atoms with E-state index < -0.39 is 58.6 Å². The van der Waals surface area contributed by atoms with Crippen LogP contribution in [0.2, 0.25) is 0 Å². The second kappa shape index (κ2) is 11.7. The predicted molar refractivity (Wildman–Crippen MR) is 135 cm³/mol. The van der Waals surface area contributed by atoms with Crippen LogP contribution < -0.4 is 25.4 Å². The van der Waals surface area contributed by atoms with E-state index in [2.05, 4.69) is 15.4 Å². The van der Waals surface area contributed by atoms with Crippen molar-refractivity contribution in [2.24, 2.45) is 0 Å². The first-order valence-electron chi connectivity index (χ1n) is 12.6. The number of anilines is 3. The van der Waals surface area contributed by atoms with Crippen LogP contribution in [0.15, 0.2) is 17.1 Å². The summed E-state index contributed by atoms with van der Waals surface area (Å²) in [5, 5.41) is 7.65. The summed E-state index contributed by atoms with van der Waals surface area (Å²) in [6, 6.07) is -0.744. The Labute approximate surface area is 234 Å². The Morgan fingerprint density at radius 2 is 1.90 bits per heavy atom. The molecule has 0 aliphatic carbocycles. The summed E-state index contributed by atoms with van der Waals surface area (Å²) in [7, 11) is 2.39. The number of rotatable bonds is 8. The van der Waals surface area contributed by atoms with Crippen molar-refractivity contribution < 1.29 is 45.4 Å². The lowest BCUT2D eigenvalue weighted by Gasteiger charge is -2.46. The summed E-state index contributed by atoms with van der Waals surface area (Å²) in [5.41, 5.74) is -4.47. The number of hydrogen-bond donors (Lipinski definition) is 2. The third-order valence-corrected chi connectivity index (χ3v) is 6.80. The number of hydrogen-bond acceptors (Lipinski definition) is 9. The molecule has 0 saturated carbocycles. The molecule has 2 aliphatic heterocycles. The minimum Gasteiger partial charge on any atom is -0.481 e. The number of likely N-dealkylation sites (N-methyl/N-ethyl adjacent to an activating group) is 1. The number of halogens is 6. The molecule has 0 bridgehead atoms. The Hall–Kier alpha value is -4.09. The Bertz CT molecular complexity index is 1400. The second-order valence-electron chi connectivity index (χ2n) is 9.69. The van der Waals surface area contributed by atoms with E-state index in [-0.39, 0.29) is 56.7 Å². The van der Waals surface area contributed by atoms with Gasteiger partial charge in [-0.25, -0.2) is 5.10 Å². The molecule has 2 N–H and O–H groups in total. The maximum atomic E-state index is 13.5. The quantitative estimate of drug-likeness (QED) is 0.342. The zero-order valence-electron chi connectivity index (χ0n) is 22.6. The minimum absolute atomic E-state index is 0.0291. The average Bonchev–Trinajstić information content (AvgIpc) is 2.91. The van der Waals surface area contributed by atoms with Crippen molar-refractivity contribution in [1.82, 2.24) is 20.1 Å². The fraction of sp³-hybridized carbons (Fsp3) is 0.542. The van der Waals surface area contributed by atoms with Gasteiger partial charge in [-0.05, 0) is 13.0 Å². The van der Waals surface area contributed by atoms with Gasteiger partial charge in [-0.2, -0.15) is 36.4 Å². The number of alkyl halides is 6. The van der Waals surface area contributed by atoms with Crippen LogP contribution in [-0.2, 0) is 26.7 Å². The molecule has 18 heteroatoms. The number of H-pyrrole nitrogens is 1. The van der Waals surface area contributed by atoms with Gasteiger partial charge >= 0.3 is 12.4 Å². The highest BCUT2D eigenvalue weighted by atomic mass is 19.4. The SMILES string of the molecule is COc1nc2c(cc1C(F)(F)F)N(C)C(=O)[C@@H]1CN(C(=O)CCOCC(C)Nc3cn[nH]c(=O)c3C(F)(F)F)CCN21. The monoisotopic (exact) mass is 607 g/mol. The third kappa shape index (κ3) is 6.22. The number of nitrogens with zero attached hydrogens (tertiary/aromatic N) is 5. The Morgan fingerprint density at radius 1 is 1.19 bits per heavy atom. The van der Waals surface area contributed by atoms with E-state index in [9.17, 15) is 40.7 Å². The summed E-state index contributed by atoms with van der Waals surface area (Å²) < 4.78 is 90.4. The van der Waals surface area contributed by atoms with Crippen LogP contribution in [0.1, 0.15) is 24.5 Å². The summed E-state index contributed by atoms with van der Waals surface area (Å²) in [6.45, 7) is 1.58. The molecular formula is C24H27F6N7O5. The van der Waals surface area contributed by atoms with Crippen LogP contribution in [0.3, 0.4) is 0 Å². The van der Waals surface area contributed by atoms with Gasteiger partial charge < -0.3 is 29.5 Å². The molecule has 2 aliphatic rings. The molecule has 1 unspecified atom stereocenters. The number of aromatic amines is 1. The van der Waals surface area contributed by atoms with Crippen molar-refractivity contribution in [2.45, 2.75) is 37.8 Å². The molecule has 0 aromatic carbocycles. The highest BCUT2D eigenvalue weighted by Gasteiger charge is 2.45. The molecule has 1 saturated heterocycles. The third-order valence-electron chi connectivity index (χ3n) is 6.80. The fourth-order valence-electron chi connectivity index (χ4n) is 4.78. The van der Waals surface area contributed by atoms with E-state index in [0.29, 0.717) is 0 Å². The van der Waals surface area contributed by atoms with Crippen molar-refractivity contribution in [3.63, 3.8) is 0 Å². The number of methoxy groups -OCH3 is 1. The van der Waals surface area contributed by atoms with Crippen LogP contribution in [0, 0.1) is 0 Å². The van der Waals surface area contributed by atoms with Gasteiger partial charge in [0.25, 0.3) is 11.5 Å². The van der Waals surface area contributed by atoms with Crippen molar-refractivity contribution >= 4 is 29.0 Å². The van der Waals surface area contributed by atoms with Crippen LogP contribution >= 0.6 is 0 Å².